The van der Waals surface area contributed by atoms with Crippen molar-refractivity contribution in [3.05, 3.63) is 133 Å². The van der Waals surface area contributed by atoms with Crippen LogP contribution in [0.1, 0.15) is 11.1 Å². The number of anilines is 4. The van der Waals surface area contributed by atoms with Gasteiger partial charge in [0.25, 0.3) is 0 Å². The molecule has 4 rings (SSSR count). The maximum Gasteiger partial charge on any atom is 0.335 e. The predicted molar refractivity (Wildman–Crippen MR) is 161 cm³/mol. The summed E-state index contributed by atoms with van der Waals surface area (Å²) in [6.45, 7) is 6.83. The summed E-state index contributed by atoms with van der Waals surface area (Å²) in [6.07, 6.45) is 4.16. The lowest BCUT2D eigenvalue weighted by molar-refractivity contribution is -0.129. The Labute approximate surface area is 235 Å². The number of nitrogens with zero attached hydrogens (tertiary/aromatic N) is 2. The van der Waals surface area contributed by atoms with Gasteiger partial charge in [-0.2, -0.15) is 0 Å². The van der Waals surface area contributed by atoms with E-state index < -0.39 is 11.9 Å². The second-order valence-corrected chi connectivity index (χ2v) is 9.19. The van der Waals surface area contributed by atoms with Crippen LogP contribution in [-0.4, -0.2) is 26.0 Å². The van der Waals surface area contributed by atoms with Gasteiger partial charge in [0.2, 0.25) is 0 Å². The van der Waals surface area contributed by atoms with Crippen LogP contribution in [0, 0.1) is 0 Å². The first-order chi connectivity index (χ1) is 19.4. The minimum absolute atomic E-state index is 0.475. The highest BCUT2D eigenvalue weighted by Gasteiger charge is 2.08. The van der Waals surface area contributed by atoms with Crippen molar-refractivity contribution >= 4 is 34.7 Å². The quantitative estimate of drug-likeness (QED) is 0.116. The predicted octanol–water partition coefficient (Wildman–Crippen LogP) is 7.19. The molecule has 0 aliphatic carbocycles. The second kappa shape index (κ2) is 13.1. The fourth-order valence-electron chi connectivity index (χ4n) is 4.15. The Balaban J connectivity index is 1.31. The number of rotatable bonds is 11. The van der Waals surface area contributed by atoms with E-state index in [0.29, 0.717) is 11.5 Å². The molecule has 4 aromatic carbocycles. The topological polar surface area (TPSA) is 59.1 Å². The summed E-state index contributed by atoms with van der Waals surface area (Å²) in [5.41, 5.74) is 6.65. The van der Waals surface area contributed by atoms with Crippen LogP contribution in [-0.2, 0) is 22.4 Å². The zero-order valence-electron chi connectivity index (χ0n) is 22.7. The van der Waals surface area contributed by atoms with Crippen molar-refractivity contribution < 1.29 is 19.1 Å². The molecular weight excluding hydrogens is 500 g/mol. The Bertz CT molecular complexity index is 1340. The molecule has 0 saturated carbocycles. The minimum atomic E-state index is -0.475. The first kappa shape index (κ1) is 27.9. The number of aryl methyl sites for hydroxylation is 2. The highest BCUT2D eigenvalue weighted by atomic mass is 16.5. The monoisotopic (exact) mass is 532 g/mol. The van der Waals surface area contributed by atoms with Gasteiger partial charge in [0.1, 0.15) is 11.5 Å². The van der Waals surface area contributed by atoms with Gasteiger partial charge in [-0.15, -0.1) is 0 Å². The summed E-state index contributed by atoms with van der Waals surface area (Å²) < 4.78 is 10.3. The van der Waals surface area contributed by atoms with Crippen molar-refractivity contribution in [3.8, 4) is 11.5 Å². The summed E-state index contributed by atoms with van der Waals surface area (Å²) in [7, 11) is 4.01. The lowest BCUT2D eigenvalue weighted by Gasteiger charge is -2.20. The van der Waals surface area contributed by atoms with Crippen LogP contribution in [0.4, 0.5) is 22.7 Å². The molecule has 0 spiro atoms. The summed E-state index contributed by atoms with van der Waals surface area (Å²) in [5.74, 6) is 0.0217. The Morgan fingerprint density at radius 2 is 0.825 bits per heavy atom. The van der Waals surface area contributed by atoms with Gasteiger partial charge in [0, 0.05) is 49.0 Å². The Kier molecular flexibility index (Phi) is 9.15. The summed E-state index contributed by atoms with van der Waals surface area (Å²) >= 11 is 0. The molecule has 0 aliphatic heterocycles. The maximum absolute atomic E-state index is 11.4. The molecule has 0 aliphatic rings. The number of carbonyl (C=O) groups is 2. The summed E-state index contributed by atoms with van der Waals surface area (Å²) in [4.78, 5) is 26.9. The van der Waals surface area contributed by atoms with E-state index in [0.717, 1.165) is 47.7 Å². The molecule has 6 nitrogen and oxygen atoms in total. The molecule has 0 amide bonds. The Morgan fingerprint density at radius 1 is 0.550 bits per heavy atom. The standard InChI is InChI=1S/C34H32N2O4/c1-5-33(37)39-31-21-17-29(18-22-31)35(3)27-13-9-25(10-14-27)7-8-26-11-15-28(16-12-26)36(4)30-19-23-32(24-20-30)40-34(38)6-2/h5-6,9-24H,1-2,7-8H2,3-4H3. The smallest absolute Gasteiger partial charge is 0.335 e. The number of hydrogen-bond acceptors (Lipinski definition) is 6. The molecule has 0 radical (unpaired) electrons. The number of esters is 2. The van der Waals surface area contributed by atoms with Crippen LogP contribution in [0.3, 0.4) is 0 Å². The molecule has 0 heterocycles. The maximum atomic E-state index is 11.4. The number of hydrogen-bond donors (Lipinski definition) is 0. The van der Waals surface area contributed by atoms with Crippen LogP contribution < -0.4 is 19.3 Å². The van der Waals surface area contributed by atoms with E-state index in [4.69, 9.17) is 9.47 Å². The Morgan fingerprint density at radius 3 is 1.10 bits per heavy atom. The Hall–Kier alpha value is -5.10. The lowest BCUT2D eigenvalue weighted by Crippen LogP contribution is -2.10. The van der Waals surface area contributed by atoms with Crippen LogP contribution in [0.2, 0.25) is 0 Å². The van der Waals surface area contributed by atoms with E-state index in [-0.39, 0.29) is 0 Å². The molecular formula is C34H32N2O4. The highest BCUT2D eigenvalue weighted by molar-refractivity contribution is 5.84. The largest absolute Gasteiger partial charge is 0.423 e. The summed E-state index contributed by atoms with van der Waals surface area (Å²) in [5, 5.41) is 0. The third-order valence-corrected chi connectivity index (χ3v) is 6.57. The van der Waals surface area contributed by atoms with Crippen molar-refractivity contribution in [1.82, 2.24) is 0 Å². The minimum Gasteiger partial charge on any atom is -0.423 e. The molecule has 4 aromatic rings. The van der Waals surface area contributed by atoms with Gasteiger partial charge in [-0.3, -0.25) is 0 Å². The lowest BCUT2D eigenvalue weighted by atomic mass is 10.0. The molecule has 0 saturated heterocycles. The molecule has 0 N–H and O–H groups in total. The van der Waals surface area contributed by atoms with Crippen molar-refractivity contribution in [1.29, 1.82) is 0 Å². The van der Waals surface area contributed by atoms with E-state index in [1.165, 1.54) is 11.1 Å². The molecule has 0 bridgehead atoms. The third-order valence-electron chi connectivity index (χ3n) is 6.57. The third kappa shape index (κ3) is 7.26. The zero-order valence-corrected chi connectivity index (χ0v) is 22.7. The molecule has 0 fully saturated rings. The van der Waals surface area contributed by atoms with Gasteiger partial charge in [-0.25, -0.2) is 9.59 Å². The highest BCUT2D eigenvalue weighted by Crippen LogP contribution is 2.28. The number of benzene rings is 4. The van der Waals surface area contributed by atoms with E-state index in [9.17, 15) is 9.59 Å². The van der Waals surface area contributed by atoms with Crippen LogP contribution >= 0.6 is 0 Å². The van der Waals surface area contributed by atoms with Crippen molar-refractivity contribution in [2.45, 2.75) is 12.8 Å². The van der Waals surface area contributed by atoms with Gasteiger partial charge < -0.3 is 19.3 Å². The van der Waals surface area contributed by atoms with Crippen molar-refractivity contribution in [2.75, 3.05) is 23.9 Å². The molecule has 6 heteroatoms. The van der Waals surface area contributed by atoms with Crippen LogP contribution in [0.5, 0.6) is 11.5 Å². The average molecular weight is 533 g/mol. The van der Waals surface area contributed by atoms with E-state index >= 15 is 0 Å². The van der Waals surface area contributed by atoms with E-state index in [1.807, 2.05) is 38.4 Å². The molecule has 0 atom stereocenters. The van der Waals surface area contributed by atoms with Crippen molar-refractivity contribution in [3.63, 3.8) is 0 Å². The zero-order chi connectivity index (χ0) is 28.5. The molecule has 40 heavy (non-hydrogen) atoms. The number of ether oxygens (including phenoxy) is 2. The second-order valence-electron chi connectivity index (χ2n) is 9.19. The fraction of sp³-hybridized carbons (Fsp3) is 0.118. The molecule has 0 unspecified atom stereocenters. The van der Waals surface area contributed by atoms with Crippen LogP contribution in [0.15, 0.2) is 122 Å². The van der Waals surface area contributed by atoms with Gasteiger partial charge in [-0.1, -0.05) is 37.4 Å². The van der Waals surface area contributed by atoms with E-state index in [1.54, 1.807) is 24.3 Å². The average Bonchev–Trinajstić information content (AvgIpc) is 3.00. The summed E-state index contributed by atoms with van der Waals surface area (Å²) in [6, 6.07) is 31.8. The first-order valence-electron chi connectivity index (χ1n) is 12.9. The van der Waals surface area contributed by atoms with E-state index in [2.05, 4.69) is 71.5 Å². The normalized spacial score (nSPS) is 10.3. The molecule has 202 valence electrons. The SMILES string of the molecule is C=CC(=O)Oc1ccc(N(C)c2ccc(CCc3ccc(N(C)c4ccc(OC(=O)C=C)cc4)cc3)cc2)cc1. The first-order valence-corrected chi connectivity index (χ1v) is 12.9. The van der Waals surface area contributed by atoms with Crippen molar-refractivity contribution in [2.24, 2.45) is 0 Å². The fourth-order valence-corrected chi connectivity index (χ4v) is 4.15. The van der Waals surface area contributed by atoms with Gasteiger partial charge in [0.15, 0.2) is 0 Å². The van der Waals surface area contributed by atoms with Gasteiger partial charge >= 0.3 is 11.9 Å². The van der Waals surface area contributed by atoms with Crippen LogP contribution in [0.25, 0.3) is 0 Å². The van der Waals surface area contributed by atoms with Gasteiger partial charge in [0.05, 0.1) is 0 Å². The number of carbonyl (C=O) groups excluding carboxylic acids is 2. The molecule has 0 aromatic heterocycles. The van der Waals surface area contributed by atoms with Gasteiger partial charge in [-0.05, 0) is 96.8 Å².